The monoisotopic (exact) mass is 1130 g/mol. The number of pyridine rings is 1. The summed E-state index contributed by atoms with van der Waals surface area (Å²) in [5, 5.41) is 49.5. The number of aliphatic hydroxyl groups excluding tert-OH is 3. The molecule has 5 N–H and O–H groups in total. The Morgan fingerprint density at radius 1 is 0.931 bits per heavy atom. The lowest BCUT2D eigenvalue weighted by Gasteiger charge is -2.52. The van der Waals surface area contributed by atoms with E-state index in [1.807, 2.05) is 55.1 Å². The predicted molar refractivity (Wildman–Crippen MR) is 274 cm³/mol. The molecule has 4 heterocycles. The highest BCUT2D eigenvalue weighted by atomic mass is 127. The molecule has 19 heteroatoms. The molecule has 3 aliphatic rings. The van der Waals surface area contributed by atoms with Gasteiger partial charge in [-0.25, -0.2) is 4.39 Å². The molecule has 3 aliphatic heterocycles. The minimum absolute atomic E-state index is 0.0358. The number of aromatic nitrogens is 1. The van der Waals surface area contributed by atoms with Gasteiger partial charge in [0.15, 0.2) is 10.4 Å². The van der Waals surface area contributed by atoms with Crippen LogP contribution in [0.4, 0.5) is 4.39 Å². The molecule has 1 unspecified atom stereocenters. The van der Waals surface area contributed by atoms with E-state index in [0.29, 0.717) is 12.0 Å². The van der Waals surface area contributed by atoms with Gasteiger partial charge in [0.05, 0.1) is 53.7 Å². The molecule has 5 rings (SSSR count). The molecule has 1 amide bonds. The van der Waals surface area contributed by atoms with Crippen LogP contribution in [0.3, 0.4) is 0 Å². The molecule has 1 aromatic carbocycles. The molecular formula is C53H81FIN3O14. The second-order valence-corrected chi connectivity index (χ2v) is 22.4. The molecule has 0 bridgehead atoms. The van der Waals surface area contributed by atoms with E-state index in [9.17, 15) is 39.2 Å². The number of hydrogen-bond acceptors (Lipinski definition) is 16. The molecule has 1 aromatic heterocycles. The van der Waals surface area contributed by atoms with Crippen LogP contribution in [0.1, 0.15) is 99.7 Å². The number of likely N-dealkylation sites (N-methyl/N-ethyl adjacent to an activating group) is 1. The Balaban J connectivity index is 1.43. The van der Waals surface area contributed by atoms with Crippen LogP contribution in [0.15, 0.2) is 48.8 Å². The first-order chi connectivity index (χ1) is 33.8. The standard InChI is InChI=1S/C53H81FIN3O14/c1-28-24-52(8,68-13)47(30(3)41(39-25-51(7,67-12)46(63)33(6)70-39)31(4)48(64)72-50(55)53(9,65)45(62)32(5)42(28)60)71-49-43(61)38(23-29(2)69-49)58(10)22-20-40(59)57-37(26-54)44(66-11)35-18-16-34(17-19-35)36-15-14-21-56-27-36/h14-19,21,27-33,37-39,41,43-47,49-50,61-63,65H,20,22-26H2,1-13H3,(H,57,59)/t28-,29-,30+,31-,32+,33+,37-,38+,39-,41?,43-,44-,45-,46+,47-,49+,50+,51-,52-,53+/m1/s1. The lowest BCUT2D eigenvalue weighted by atomic mass is 9.68. The van der Waals surface area contributed by atoms with Gasteiger partial charge in [0.2, 0.25) is 5.91 Å². The van der Waals surface area contributed by atoms with Crippen molar-refractivity contribution in [3.8, 4) is 11.1 Å². The number of aliphatic hydroxyl groups is 4. The summed E-state index contributed by atoms with van der Waals surface area (Å²) in [7, 11) is 6.23. The number of methoxy groups -OCH3 is 3. The minimum atomic E-state index is -2.03. The number of hydrogen-bond donors (Lipinski definition) is 5. The van der Waals surface area contributed by atoms with E-state index in [4.69, 9.17) is 33.2 Å². The zero-order valence-electron chi connectivity index (χ0n) is 44.2. The van der Waals surface area contributed by atoms with Crippen LogP contribution in [0.25, 0.3) is 11.1 Å². The Labute approximate surface area is 438 Å². The number of benzene rings is 1. The van der Waals surface area contributed by atoms with Crippen molar-refractivity contribution >= 4 is 40.3 Å². The number of carbonyl (C=O) groups is 3. The normalized spacial score (nSPS) is 39.4. The van der Waals surface area contributed by atoms with Crippen LogP contribution < -0.4 is 5.32 Å². The molecule has 3 fully saturated rings. The summed E-state index contributed by atoms with van der Waals surface area (Å²) >= 11 is 1.76. The molecule has 0 saturated carbocycles. The SMILES string of the molecule is CO[C@H](c1ccc(-c2cccnc2)cc1)[C@@H](CF)NC(=O)CCN(C)[C@H]1C[C@@H](C)O[C@@H](O[C@@H]2[C@@H](C)C([C@H]3C[C@@](C)(OC)[C@@H](O)[C@H](C)O3)[C@@H](C)C(=O)O[C@H](I)[C@@](C)(O)[C@H](O)[C@@H](C)C(=O)[C@H](C)C[C@@]2(C)OC)[C@@H]1O. The van der Waals surface area contributed by atoms with Crippen molar-refractivity contribution in [1.82, 2.24) is 15.2 Å². The van der Waals surface area contributed by atoms with E-state index < -0.39 is 136 Å². The number of ketones is 1. The first-order valence-electron chi connectivity index (χ1n) is 25.1. The Hall–Kier alpha value is -2.80. The van der Waals surface area contributed by atoms with Gasteiger partial charge in [0.1, 0.15) is 36.4 Å². The van der Waals surface area contributed by atoms with E-state index >= 15 is 0 Å². The third-order valence-electron chi connectivity index (χ3n) is 16.0. The zero-order chi connectivity index (χ0) is 53.6. The number of ether oxygens (including phenoxy) is 7. The van der Waals surface area contributed by atoms with Crippen molar-refractivity contribution in [1.29, 1.82) is 0 Å². The van der Waals surface area contributed by atoms with Gasteiger partial charge >= 0.3 is 5.97 Å². The highest BCUT2D eigenvalue weighted by Crippen LogP contribution is 2.46. The minimum Gasteiger partial charge on any atom is -0.448 e. The number of nitrogens with one attached hydrogen (secondary N) is 1. The molecule has 20 atom stereocenters. The highest BCUT2D eigenvalue weighted by Gasteiger charge is 2.56. The molecule has 0 radical (unpaired) electrons. The number of rotatable bonds is 15. The number of Topliss-reactive ketones (excluding diaryl/α,β-unsaturated/α-hetero) is 1. The van der Waals surface area contributed by atoms with Crippen molar-refractivity contribution in [2.75, 3.05) is 41.6 Å². The first-order valence-corrected chi connectivity index (χ1v) is 26.3. The van der Waals surface area contributed by atoms with Crippen LogP contribution in [0.2, 0.25) is 0 Å². The van der Waals surface area contributed by atoms with E-state index in [2.05, 4.69) is 10.3 Å². The lowest BCUT2D eigenvalue weighted by molar-refractivity contribution is -0.305. The number of carbonyl (C=O) groups excluding carboxylic acids is 3. The Morgan fingerprint density at radius 2 is 1.58 bits per heavy atom. The summed E-state index contributed by atoms with van der Waals surface area (Å²) in [6.07, 6.45) is -5.04. The van der Waals surface area contributed by atoms with Gasteiger partial charge in [0.25, 0.3) is 0 Å². The smallest absolute Gasteiger partial charge is 0.310 e. The van der Waals surface area contributed by atoms with Crippen LogP contribution in [0.5, 0.6) is 0 Å². The molecule has 3 saturated heterocycles. The maximum Gasteiger partial charge on any atom is 0.310 e. The van der Waals surface area contributed by atoms with Gasteiger partial charge in [0, 0.05) is 76.9 Å². The van der Waals surface area contributed by atoms with E-state index in [1.54, 1.807) is 76.7 Å². The number of amides is 1. The van der Waals surface area contributed by atoms with Gasteiger partial charge in [-0.05, 0) is 106 Å². The number of cyclic esters (lactones) is 1. The third-order valence-corrected chi connectivity index (χ3v) is 17.5. The van der Waals surface area contributed by atoms with Crippen LogP contribution in [-0.4, -0.2) is 172 Å². The fraction of sp³-hybridized carbons (Fsp3) is 0.736. The summed E-state index contributed by atoms with van der Waals surface area (Å²) in [6.45, 7) is 14.5. The molecule has 72 heavy (non-hydrogen) atoms. The highest BCUT2D eigenvalue weighted by molar-refractivity contribution is 14.1. The van der Waals surface area contributed by atoms with Crippen molar-refractivity contribution in [3.05, 3.63) is 54.4 Å². The number of alkyl halides is 2. The molecule has 2 aromatic rings. The van der Waals surface area contributed by atoms with E-state index in [0.717, 1.165) is 11.1 Å². The summed E-state index contributed by atoms with van der Waals surface area (Å²) in [6, 6.07) is 9.68. The van der Waals surface area contributed by atoms with Crippen LogP contribution >= 0.6 is 22.6 Å². The van der Waals surface area contributed by atoms with Gasteiger partial charge in [-0.15, -0.1) is 0 Å². The van der Waals surface area contributed by atoms with Crippen molar-refractivity contribution in [2.24, 2.45) is 29.6 Å². The van der Waals surface area contributed by atoms with Crippen LogP contribution in [-0.2, 0) is 47.5 Å². The second-order valence-electron chi connectivity index (χ2n) is 21.3. The number of halogens is 2. The lowest BCUT2D eigenvalue weighted by Crippen LogP contribution is -2.62. The fourth-order valence-corrected chi connectivity index (χ4v) is 11.9. The summed E-state index contributed by atoms with van der Waals surface area (Å²) in [4.78, 5) is 48.2. The maximum absolute atomic E-state index is 14.7. The summed E-state index contributed by atoms with van der Waals surface area (Å²) < 4.78 is 57.4. The van der Waals surface area contributed by atoms with E-state index in [1.165, 1.54) is 35.2 Å². The van der Waals surface area contributed by atoms with Crippen molar-refractivity contribution in [3.63, 3.8) is 0 Å². The van der Waals surface area contributed by atoms with Gasteiger partial charge in [-0.1, -0.05) is 58.0 Å². The Kier molecular flexibility index (Phi) is 21.2. The molecule has 0 aliphatic carbocycles. The Morgan fingerprint density at radius 3 is 2.17 bits per heavy atom. The average Bonchev–Trinajstić information content (AvgIpc) is 3.36. The number of esters is 1. The number of nitrogens with zero attached hydrogens (tertiary/aromatic N) is 2. The molecule has 17 nitrogen and oxygen atoms in total. The average molecular weight is 1130 g/mol. The fourth-order valence-electron chi connectivity index (χ4n) is 11.3. The predicted octanol–water partition coefficient (Wildman–Crippen LogP) is 5.36. The van der Waals surface area contributed by atoms with Crippen LogP contribution in [0, 0.1) is 29.6 Å². The first kappa shape index (κ1) is 60.1. The molecule has 0 spiro atoms. The summed E-state index contributed by atoms with van der Waals surface area (Å²) in [5.41, 5.74) is -1.93. The van der Waals surface area contributed by atoms with E-state index in [-0.39, 0.29) is 31.6 Å². The largest absolute Gasteiger partial charge is 0.448 e. The molecule has 406 valence electrons. The van der Waals surface area contributed by atoms with Gasteiger partial charge in [-0.2, -0.15) is 0 Å². The van der Waals surface area contributed by atoms with Crippen molar-refractivity contribution < 1.29 is 72.4 Å². The second kappa shape index (κ2) is 25.4. The topological polar surface area (TPSA) is 225 Å². The van der Waals surface area contributed by atoms with Gasteiger partial charge in [-0.3, -0.25) is 19.4 Å². The third kappa shape index (κ3) is 13.4. The van der Waals surface area contributed by atoms with Crippen molar-refractivity contribution in [2.45, 2.75) is 176 Å². The quantitative estimate of drug-likeness (QED) is 0.0860. The summed E-state index contributed by atoms with van der Waals surface area (Å²) in [5.74, 6) is -5.82. The Bertz CT molecular complexity index is 2080. The molecular weight excluding hydrogens is 1050 g/mol. The zero-order valence-corrected chi connectivity index (χ0v) is 46.4. The van der Waals surface area contributed by atoms with Gasteiger partial charge < -0.3 is 63.8 Å². The maximum atomic E-state index is 14.7.